The van der Waals surface area contributed by atoms with E-state index in [4.69, 9.17) is 4.42 Å². The van der Waals surface area contributed by atoms with Gasteiger partial charge in [-0.1, -0.05) is 6.92 Å². The van der Waals surface area contributed by atoms with Crippen LogP contribution in [0.15, 0.2) is 56.9 Å². The number of nitrogens with one attached hydrogen (secondary N) is 1. The Bertz CT molecular complexity index is 1290. The number of aromatic nitrogens is 1. The predicted octanol–water partition coefficient (Wildman–Crippen LogP) is 2.97. The van der Waals surface area contributed by atoms with Gasteiger partial charge in [-0.15, -0.1) is 0 Å². The minimum Gasteiger partial charge on any atom is -0.467 e. The van der Waals surface area contributed by atoms with Crippen LogP contribution in [-0.2, 0) is 23.1 Å². The van der Waals surface area contributed by atoms with Gasteiger partial charge < -0.3 is 14.3 Å². The number of carbonyl (C=O) groups excluding carboxylic acids is 1. The van der Waals surface area contributed by atoms with Gasteiger partial charge in [0.2, 0.25) is 15.5 Å². The first-order chi connectivity index (χ1) is 15.3. The van der Waals surface area contributed by atoms with E-state index in [1.165, 1.54) is 28.9 Å². The third kappa shape index (κ3) is 4.22. The molecule has 0 aliphatic carbocycles. The van der Waals surface area contributed by atoms with Crippen molar-refractivity contribution in [1.29, 1.82) is 0 Å². The fourth-order valence-corrected chi connectivity index (χ4v) is 5.51. The Kier molecular flexibility index (Phi) is 6.21. The van der Waals surface area contributed by atoms with Gasteiger partial charge in [-0.3, -0.25) is 9.59 Å². The molecule has 2 aromatic heterocycles. The fourth-order valence-electron chi connectivity index (χ4n) is 4.01. The molecule has 1 fully saturated rings. The van der Waals surface area contributed by atoms with Crippen LogP contribution in [0.5, 0.6) is 0 Å². The van der Waals surface area contributed by atoms with E-state index in [1.54, 1.807) is 22.8 Å². The highest BCUT2D eigenvalue weighted by Gasteiger charge is 2.28. The summed E-state index contributed by atoms with van der Waals surface area (Å²) in [5.41, 5.74) is 0.0597. The molecule has 8 nitrogen and oxygen atoms in total. The summed E-state index contributed by atoms with van der Waals surface area (Å²) in [4.78, 5) is 26.0. The number of sulfonamides is 1. The Labute approximate surface area is 186 Å². The number of hydrogen-bond donors (Lipinski definition) is 1. The molecule has 3 heterocycles. The highest BCUT2D eigenvalue weighted by atomic mass is 32.2. The second-order valence-corrected chi connectivity index (χ2v) is 10.1. The minimum atomic E-state index is -3.71. The summed E-state index contributed by atoms with van der Waals surface area (Å²) in [5.74, 6) is 0.532. The van der Waals surface area contributed by atoms with E-state index in [1.807, 2.05) is 6.92 Å². The second-order valence-electron chi connectivity index (χ2n) is 8.19. The molecule has 3 aromatic rings. The molecular formula is C23H27N3O5S. The molecule has 32 heavy (non-hydrogen) atoms. The predicted molar refractivity (Wildman–Crippen MR) is 121 cm³/mol. The summed E-state index contributed by atoms with van der Waals surface area (Å²) in [6.45, 7) is 5.62. The van der Waals surface area contributed by atoms with Gasteiger partial charge in [0.15, 0.2) is 0 Å². The highest BCUT2D eigenvalue weighted by molar-refractivity contribution is 7.89. The molecule has 1 N–H and O–H groups in total. The lowest BCUT2D eigenvalue weighted by atomic mass is 10.0. The largest absolute Gasteiger partial charge is 0.467 e. The maximum atomic E-state index is 13.2. The van der Waals surface area contributed by atoms with E-state index in [2.05, 4.69) is 12.2 Å². The van der Waals surface area contributed by atoms with Crippen molar-refractivity contribution in [2.75, 3.05) is 13.1 Å². The molecular weight excluding hydrogens is 430 g/mol. The Balaban J connectivity index is 1.72. The molecule has 0 radical (unpaired) electrons. The summed E-state index contributed by atoms with van der Waals surface area (Å²) in [6, 6.07) is 8.03. The average molecular weight is 458 g/mol. The van der Waals surface area contributed by atoms with E-state index in [0.717, 1.165) is 12.8 Å². The van der Waals surface area contributed by atoms with Crippen LogP contribution >= 0.6 is 0 Å². The molecule has 1 saturated heterocycles. The molecule has 1 amide bonds. The van der Waals surface area contributed by atoms with E-state index in [-0.39, 0.29) is 22.4 Å². The summed E-state index contributed by atoms with van der Waals surface area (Å²) in [5, 5.41) is 2.90. The quantitative estimate of drug-likeness (QED) is 0.613. The van der Waals surface area contributed by atoms with Crippen molar-refractivity contribution >= 4 is 26.8 Å². The standard InChI is InChI=1S/C23H27N3O5S/c1-3-25-15-20(23(28)24-14-17-5-4-12-31-17)22(27)19-13-18(6-7-21(19)25)32(29,30)26-10-8-16(2)9-11-26/h4-7,12-13,15-16H,3,8-11,14H2,1-2H3,(H,24,28). The van der Waals surface area contributed by atoms with Crippen LogP contribution in [0.3, 0.4) is 0 Å². The van der Waals surface area contributed by atoms with Crippen LogP contribution in [0.4, 0.5) is 0 Å². The number of aryl methyl sites for hydroxylation is 1. The van der Waals surface area contributed by atoms with Crippen molar-refractivity contribution in [2.45, 2.75) is 44.7 Å². The lowest BCUT2D eigenvalue weighted by Gasteiger charge is -2.29. The Morgan fingerprint density at radius 1 is 1.22 bits per heavy atom. The lowest BCUT2D eigenvalue weighted by Crippen LogP contribution is -2.38. The van der Waals surface area contributed by atoms with Gasteiger partial charge in [0.05, 0.1) is 23.2 Å². The molecule has 0 bridgehead atoms. The number of nitrogens with zero attached hydrogens (tertiary/aromatic N) is 2. The van der Waals surface area contributed by atoms with Gasteiger partial charge in [0, 0.05) is 31.2 Å². The summed E-state index contributed by atoms with van der Waals surface area (Å²) in [7, 11) is -3.71. The summed E-state index contributed by atoms with van der Waals surface area (Å²) in [6.07, 6.45) is 4.65. The van der Waals surface area contributed by atoms with Gasteiger partial charge >= 0.3 is 0 Å². The third-order valence-corrected chi connectivity index (χ3v) is 7.92. The molecule has 9 heteroatoms. The number of fused-ring (bicyclic) bond motifs is 1. The van der Waals surface area contributed by atoms with Gasteiger partial charge in [0.25, 0.3) is 5.91 Å². The van der Waals surface area contributed by atoms with Crippen molar-refractivity contribution in [3.63, 3.8) is 0 Å². The number of amides is 1. The number of benzene rings is 1. The minimum absolute atomic E-state index is 0.0350. The van der Waals surface area contributed by atoms with Gasteiger partial charge in [0.1, 0.15) is 11.3 Å². The topological polar surface area (TPSA) is 102 Å². The van der Waals surface area contributed by atoms with Crippen molar-refractivity contribution in [1.82, 2.24) is 14.2 Å². The maximum Gasteiger partial charge on any atom is 0.257 e. The van der Waals surface area contributed by atoms with Gasteiger partial charge in [-0.2, -0.15) is 4.31 Å². The molecule has 1 aliphatic heterocycles. The molecule has 0 atom stereocenters. The number of hydrogen-bond acceptors (Lipinski definition) is 5. The van der Waals surface area contributed by atoms with Gasteiger partial charge in [-0.05, 0) is 56.0 Å². The normalized spacial score (nSPS) is 15.8. The zero-order chi connectivity index (χ0) is 22.9. The fraction of sp³-hybridized carbons (Fsp3) is 0.391. The van der Waals surface area contributed by atoms with Crippen molar-refractivity contribution in [3.8, 4) is 0 Å². The molecule has 0 spiro atoms. The number of piperidine rings is 1. The first kappa shape index (κ1) is 22.3. The van der Waals surface area contributed by atoms with Crippen molar-refractivity contribution < 1.29 is 17.6 Å². The zero-order valence-electron chi connectivity index (χ0n) is 18.2. The molecule has 0 unspecified atom stereocenters. The zero-order valence-corrected chi connectivity index (χ0v) is 19.0. The first-order valence-electron chi connectivity index (χ1n) is 10.8. The summed E-state index contributed by atoms with van der Waals surface area (Å²) >= 11 is 0. The number of carbonyl (C=O) groups is 1. The molecule has 1 aromatic carbocycles. The van der Waals surface area contributed by atoms with Crippen LogP contribution < -0.4 is 10.7 Å². The smallest absolute Gasteiger partial charge is 0.257 e. The first-order valence-corrected chi connectivity index (χ1v) is 12.2. The van der Waals surface area contributed by atoms with Crippen LogP contribution in [-0.4, -0.2) is 36.3 Å². The molecule has 170 valence electrons. The van der Waals surface area contributed by atoms with E-state index in [0.29, 0.717) is 36.8 Å². The van der Waals surface area contributed by atoms with Crippen LogP contribution in [0.25, 0.3) is 10.9 Å². The Morgan fingerprint density at radius 2 is 1.97 bits per heavy atom. The molecule has 0 saturated carbocycles. The maximum absolute atomic E-state index is 13.2. The average Bonchev–Trinajstić information content (AvgIpc) is 3.31. The lowest BCUT2D eigenvalue weighted by molar-refractivity contribution is 0.0946. The third-order valence-electron chi connectivity index (χ3n) is 6.02. The number of furan rings is 1. The van der Waals surface area contributed by atoms with Crippen molar-refractivity contribution in [3.05, 3.63) is 64.3 Å². The SMILES string of the molecule is CCn1cc(C(=O)NCc2ccco2)c(=O)c2cc(S(=O)(=O)N3CCC(C)CC3)ccc21. The molecule has 1 aliphatic rings. The summed E-state index contributed by atoms with van der Waals surface area (Å²) < 4.78 is 34.8. The second kappa shape index (κ2) is 8.91. The highest BCUT2D eigenvalue weighted by Crippen LogP contribution is 2.25. The Hall–Kier alpha value is -2.91. The van der Waals surface area contributed by atoms with E-state index < -0.39 is 21.4 Å². The van der Waals surface area contributed by atoms with E-state index >= 15 is 0 Å². The van der Waals surface area contributed by atoms with Crippen molar-refractivity contribution in [2.24, 2.45) is 5.92 Å². The molecule has 4 rings (SSSR count). The number of rotatable bonds is 6. The van der Waals surface area contributed by atoms with Crippen LogP contribution in [0.2, 0.25) is 0 Å². The monoisotopic (exact) mass is 457 g/mol. The Morgan fingerprint density at radius 3 is 2.62 bits per heavy atom. The van der Waals surface area contributed by atoms with Crippen LogP contribution in [0, 0.1) is 5.92 Å². The van der Waals surface area contributed by atoms with Gasteiger partial charge in [-0.25, -0.2) is 8.42 Å². The van der Waals surface area contributed by atoms with Crippen LogP contribution in [0.1, 0.15) is 42.8 Å². The number of pyridine rings is 1. The van der Waals surface area contributed by atoms with E-state index in [9.17, 15) is 18.0 Å².